The van der Waals surface area contributed by atoms with E-state index in [9.17, 15) is 0 Å². The first-order chi connectivity index (χ1) is 10.1. The van der Waals surface area contributed by atoms with E-state index >= 15 is 0 Å². The summed E-state index contributed by atoms with van der Waals surface area (Å²) in [4.78, 5) is 0. The highest BCUT2D eigenvalue weighted by Crippen LogP contribution is 2.38. The molecule has 1 nitrogen and oxygen atoms in total. The van der Waals surface area contributed by atoms with Crippen LogP contribution in [0, 0.1) is 16.7 Å². The van der Waals surface area contributed by atoms with Gasteiger partial charge in [-0.25, -0.2) is 0 Å². The van der Waals surface area contributed by atoms with Crippen molar-refractivity contribution in [3.8, 4) is 0 Å². The molecule has 1 atom stereocenters. The predicted octanol–water partition coefficient (Wildman–Crippen LogP) is 6.03. The van der Waals surface area contributed by atoms with Crippen LogP contribution in [0.2, 0.25) is 0 Å². The Bertz CT molecular complexity index is 442. The first-order valence-corrected chi connectivity index (χ1v) is 8.38. The maximum atomic E-state index is 5.49. The van der Waals surface area contributed by atoms with E-state index in [1.165, 1.54) is 17.5 Å². The van der Waals surface area contributed by atoms with Crippen LogP contribution in [0.4, 0.5) is 0 Å². The maximum absolute atomic E-state index is 5.49. The van der Waals surface area contributed by atoms with Crippen molar-refractivity contribution in [2.24, 2.45) is 16.7 Å². The topological polar surface area (TPSA) is 9.23 Å². The molecule has 0 heterocycles. The summed E-state index contributed by atoms with van der Waals surface area (Å²) in [7, 11) is 0. The SMILES string of the molecule is C=CCOCc1ccc(CC(CC(C)(C)C)C(C)(C)C)cc1. The van der Waals surface area contributed by atoms with Gasteiger partial charge < -0.3 is 4.74 Å². The molecule has 22 heavy (non-hydrogen) atoms. The lowest BCUT2D eigenvalue weighted by Gasteiger charge is -2.36. The molecule has 1 rings (SSSR count). The van der Waals surface area contributed by atoms with E-state index in [4.69, 9.17) is 4.74 Å². The molecule has 0 radical (unpaired) electrons. The smallest absolute Gasteiger partial charge is 0.0721 e. The summed E-state index contributed by atoms with van der Waals surface area (Å²) in [6.45, 7) is 19.0. The second-order valence-electron chi connectivity index (χ2n) is 8.65. The Labute approximate surface area is 137 Å². The lowest BCUT2D eigenvalue weighted by Crippen LogP contribution is -2.27. The van der Waals surface area contributed by atoms with Crippen molar-refractivity contribution in [2.45, 2.75) is 61.0 Å². The van der Waals surface area contributed by atoms with E-state index in [0.29, 0.717) is 30.0 Å². The molecule has 0 saturated carbocycles. The highest BCUT2D eigenvalue weighted by Gasteiger charge is 2.28. The maximum Gasteiger partial charge on any atom is 0.0721 e. The summed E-state index contributed by atoms with van der Waals surface area (Å²) in [5, 5.41) is 0. The molecular formula is C21H34O. The summed E-state index contributed by atoms with van der Waals surface area (Å²) in [6, 6.07) is 8.90. The van der Waals surface area contributed by atoms with Gasteiger partial charge in [-0.2, -0.15) is 0 Å². The van der Waals surface area contributed by atoms with Crippen LogP contribution in [0.25, 0.3) is 0 Å². The molecule has 1 heteroatoms. The van der Waals surface area contributed by atoms with Gasteiger partial charge in [0.1, 0.15) is 0 Å². The van der Waals surface area contributed by atoms with Crippen molar-refractivity contribution in [2.75, 3.05) is 6.61 Å². The van der Waals surface area contributed by atoms with Crippen LogP contribution >= 0.6 is 0 Å². The summed E-state index contributed by atoms with van der Waals surface area (Å²) in [6.07, 6.45) is 4.18. The van der Waals surface area contributed by atoms with Gasteiger partial charge >= 0.3 is 0 Å². The second kappa shape index (κ2) is 7.97. The van der Waals surface area contributed by atoms with Crippen molar-refractivity contribution in [3.05, 3.63) is 48.0 Å². The molecule has 1 unspecified atom stereocenters. The molecule has 0 aliphatic heterocycles. The van der Waals surface area contributed by atoms with Crippen LogP contribution in [0.5, 0.6) is 0 Å². The van der Waals surface area contributed by atoms with E-state index in [1.54, 1.807) is 6.08 Å². The van der Waals surface area contributed by atoms with Gasteiger partial charge in [0.2, 0.25) is 0 Å². The minimum absolute atomic E-state index is 0.332. The zero-order chi connectivity index (χ0) is 16.8. The van der Waals surface area contributed by atoms with Crippen molar-refractivity contribution >= 4 is 0 Å². The van der Waals surface area contributed by atoms with Gasteiger partial charge in [0, 0.05) is 0 Å². The average molecular weight is 303 g/mol. The van der Waals surface area contributed by atoms with Crippen molar-refractivity contribution in [1.82, 2.24) is 0 Å². The van der Waals surface area contributed by atoms with Gasteiger partial charge in [-0.3, -0.25) is 0 Å². The van der Waals surface area contributed by atoms with Gasteiger partial charge in [0.05, 0.1) is 13.2 Å². The van der Waals surface area contributed by atoms with Crippen LogP contribution in [0.15, 0.2) is 36.9 Å². The zero-order valence-electron chi connectivity index (χ0n) is 15.4. The summed E-state index contributed by atoms with van der Waals surface area (Å²) in [5.41, 5.74) is 3.36. The minimum atomic E-state index is 0.332. The van der Waals surface area contributed by atoms with Gasteiger partial charge in [0.15, 0.2) is 0 Å². The monoisotopic (exact) mass is 302 g/mol. The Kier molecular flexibility index (Phi) is 6.87. The molecule has 124 valence electrons. The molecule has 0 aromatic heterocycles. The first kappa shape index (κ1) is 19.0. The van der Waals surface area contributed by atoms with E-state index in [1.807, 2.05) is 0 Å². The average Bonchev–Trinajstić information content (AvgIpc) is 2.38. The molecule has 0 N–H and O–H groups in total. The highest BCUT2D eigenvalue weighted by atomic mass is 16.5. The quantitative estimate of drug-likeness (QED) is 0.441. The standard InChI is InChI=1S/C21H34O/c1-8-13-22-16-18-11-9-17(10-12-18)14-19(21(5,6)7)15-20(2,3)4/h8-12,19H,1,13-16H2,2-7H3. The fraction of sp³-hybridized carbons (Fsp3) is 0.619. The van der Waals surface area contributed by atoms with Crippen LogP contribution in [0.1, 0.15) is 59.1 Å². The summed E-state index contributed by atoms with van der Waals surface area (Å²) >= 11 is 0. The first-order valence-electron chi connectivity index (χ1n) is 8.38. The van der Waals surface area contributed by atoms with Crippen molar-refractivity contribution in [1.29, 1.82) is 0 Å². The van der Waals surface area contributed by atoms with Crippen LogP contribution in [-0.4, -0.2) is 6.61 Å². The Morgan fingerprint density at radius 1 is 1.00 bits per heavy atom. The van der Waals surface area contributed by atoms with E-state index in [2.05, 4.69) is 72.4 Å². The third-order valence-corrected chi connectivity index (χ3v) is 4.09. The number of hydrogen-bond acceptors (Lipinski definition) is 1. The van der Waals surface area contributed by atoms with E-state index in [-0.39, 0.29) is 0 Å². The third kappa shape index (κ3) is 7.26. The summed E-state index contributed by atoms with van der Waals surface area (Å²) < 4.78 is 5.49. The van der Waals surface area contributed by atoms with Gasteiger partial charge in [0.25, 0.3) is 0 Å². The Hall–Kier alpha value is -1.08. The van der Waals surface area contributed by atoms with Crippen LogP contribution < -0.4 is 0 Å². The van der Waals surface area contributed by atoms with Gasteiger partial charge in [-0.15, -0.1) is 6.58 Å². The molecular weight excluding hydrogens is 268 g/mol. The third-order valence-electron chi connectivity index (χ3n) is 4.09. The molecule has 1 aromatic carbocycles. The number of benzene rings is 1. The molecule has 0 saturated heterocycles. The lowest BCUT2D eigenvalue weighted by molar-refractivity contribution is 0.149. The normalized spacial score (nSPS) is 13.9. The fourth-order valence-electron chi connectivity index (χ4n) is 2.74. The molecule has 0 amide bonds. The minimum Gasteiger partial charge on any atom is -0.373 e. The largest absolute Gasteiger partial charge is 0.373 e. The Morgan fingerprint density at radius 3 is 2.00 bits per heavy atom. The fourth-order valence-corrected chi connectivity index (χ4v) is 2.74. The Balaban J connectivity index is 2.71. The molecule has 0 aliphatic rings. The molecule has 0 bridgehead atoms. The van der Waals surface area contributed by atoms with Gasteiger partial charge in [-0.1, -0.05) is 71.9 Å². The lowest BCUT2D eigenvalue weighted by atomic mass is 9.70. The van der Waals surface area contributed by atoms with Crippen molar-refractivity contribution < 1.29 is 4.74 Å². The number of hydrogen-bond donors (Lipinski definition) is 0. The van der Waals surface area contributed by atoms with Crippen molar-refractivity contribution in [3.63, 3.8) is 0 Å². The number of rotatable bonds is 7. The molecule has 0 fully saturated rings. The molecule has 1 aromatic rings. The molecule has 0 aliphatic carbocycles. The van der Waals surface area contributed by atoms with E-state index < -0.39 is 0 Å². The van der Waals surface area contributed by atoms with Gasteiger partial charge in [-0.05, 0) is 40.7 Å². The zero-order valence-corrected chi connectivity index (χ0v) is 15.4. The number of ether oxygens (including phenoxy) is 1. The summed E-state index contributed by atoms with van der Waals surface area (Å²) in [5.74, 6) is 0.690. The second-order valence-corrected chi connectivity index (χ2v) is 8.65. The van der Waals surface area contributed by atoms with Crippen LogP contribution in [0.3, 0.4) is 0 Å². The van der Waals surface area contributed by atoms with E-state index in [0.717, 1.165) is 6.42 Å². The highest BCUT2D eigenvalue weighted by molar-refractivity contribution is 5.22. The van der Waals surface area contributed by atoms with Crippen LogP contribution in [-0.2, 0) is 17.8 Å². The molecule has 0 spiro atoms. The Morgan fingerprint density at radius 2 is 1.55 bits per heavy atom. The predicted molar refractivity (Wildman–Crippen MR) is 97.0 cm³/mol.